The van der Waals surface area contributed by atoms with Crippen LogP contribution in [0.5, 0.6) is 0 Å². The lowest BCUT2D eigenvalue weighted by Gasteiger charge is -2.18. The molecule has 0 aliphatic heterocycles. The molecule has 0 saturated heterocycles. The third kappa shape index (κ3) is 2.68. The molecule has 2 aromatic heterocycles. The number of hydrogen-bond acceptors (Lipinski definition) is 3. The number of rotatable bonds is 4. The Morgan fingerprint density at radius 2 is 2.10 bits per heavy atom. The topological polar surface area (TPSA) is 12.0 Å². The Kier molecular flexibility index (Phi) is 4.21. The maximum Gasteiger partial charge on any atom is 0.128 e. The molecule has 0 aliphatic carbocycles. The van der Waals surface area contributed by atoms with Crippen LogP contribution < -0.4 is 5.32 Å². The molecular formula is C15H13BrFNS2. The van der Waals surface area contributed by atoms with Crippen molar-refractivity contribution in [2.45, 2.75) is 13.0 Å². The summed E-state index contributed by atoms with van der Waals surface area (Å²) in [6, 6.07) is 9.29. The van der Waals surface area contributed by atoms with Crippen molar-refractivity contribution in [3.8, 4) is 0 Å². The normalized spacial score (nSPS) is 12.9. The minimum atomic E-state index is -0.170. The molecule has 0 saturated carbocycles. The molecule has 0 bridgehead atoms. The first kappa shape index (κ1) is 14.2. The van der Waals surface area contributed by atoms with Gasteiger partial charge in [0.1, 0.15) is 5.82 Å². The summed E-state index contributed by atoms with van der Waals surface area (Å²) in [5, 5.41) is 5.48. The van der Waals surface area contributed by atoms with Gasteiger partial charge < -0.3 is 5.32 Å². The number of fused-ring (bicyclic) bond motifs is 1. The van der Waals surface area contributed by atoms with Crippen molar-refractivity contribution in [3.63, 3.8) is 0 Å². The second kappa shape index (κ2) is 5.93. The monoisotopic (exact) mass is 369 g/mol. The summed E-state index contributed by atoms with van der Waals surface area (Å²) in [7, 11) is 0. The first-order chi connectivity index (χ1) is 9.69. The van der Waals surface area contributed by atoms with E-state index in [1.165, 1.54) is 15.5 Å². The molecule has 20 heavy (non-hydrogen) atoms. The Morgan fingerprint density at radius 1 is 1.25 bits per heavy atom. The molecule has 3 aromatic rings. The molecule has 0 fully saturated rings. The summed E-state index contributed by atoms with van der Waals surface area (Å²) in [5.74, 6) is -0.170. The quantitative estimate of drug-likeness (QED) is 0.634. The van der Waals surface area contributed by atoms with Gasteiger partial charge in [0, 0.05) is 24.3 Å². The molecule has 1 atom stereocenters. The van der Waals surface area contributed by atoms with Gasteiger partial charge in [-0.25, -0.2) is 4.39 Å². The minimum absolute atomic E-state index is 0.0953. The number of hydrogen-bond donors (Lipinski definition) is 1. The molecule has 0 aliphatic rings. The molecule has 1 unspecified atom stereocenters. The molecule has 1 N–H and O–H groups in total. The van der Waals surface area contributed by atoms with Gasteiger partial charge >= 0.3 is 0 Å². The largest absolute Gasteiger partial charge is 0.306 e. The molecule has 0 spiro atoms. The van der Waals surface area contributed by atoms with E-state index in [4.69, 9.17) is 0 Å². The maximum absolute atomic E-state index is 14.2. The maximum atomic E-state index is 14.2. The molecule has 2 heterocycles. The second-order valence-electron chi connectivity index (χ2n) is 4.45. The van der Waals surface area contributed by atoms with E-state index in [1.54, 1.807) is 28.7 Å². The van der Waals surface area contributed by atoms with Crippen molar-refractivity contribution in [2.75, 3.05) is 6.54 Å². The zero-order valence-electron chi connectivity index (χ0n) is 10.8. The predicted molar refractivity (Wildman–Crippen MR) is 89.3 cm³/mol. The lowest BCUT2D eigenvalue weighted by Crippen LogP contribution is -2.22. The highest BCUT2D eigenvalue weighted by Gasteiger charge is 2.20. The summed E-state index contributed by atoms with van der Waals surface area (Å²) in [6.07, 6.45) is 0. The van der Waals surface area contributed by atoms with Gasteiger partial charge in [-0.2, -0.15) is 0 Å². The van der Waals surface area contributed by atoms with Gasteiger partial charge in [-0.1, -0.05) is 22.9 Å². The Balaban J connectivity index is 2.08. The fourth-order valence-corrected chi connectivity index (χ4v) is 4.82. The van der Waals surface area contributed by atoms with Crippen molar-refractivity contribution in [1.82, 2.24) is 5.32 Å². The van der Waals surface area contributed by atoms with Crippen LogP contribution in [0.3, 0.4) is 0 Å². The van der Waals surface area contributed by atoms with Crippen LogP contribution in [0.15, 0.2) is 40.2 Å². The van der Waals surface area contributed by atoms with E-state index >= 15 is 0 Å². The Hall–Kier alpha value is -0.750. The summed E-state index contributed by atoms with van der Waals surface area (Å²) in [6.45, 7) is 2.83. The van der Waals surface area contributed by atoms with Crippen molar-refractivity contribution in [2.24, 2.45) is 0 Å². The van der Waals surface area contributed by atoms with Crippen molar-refractivity contribution in [3.05, 3.63) is 56.4 Å². The fourth-order valence-electron chi connectivity index (χ4n) is 2.23. The highest BCUT2D eigenvalue weighted by Crippen LogP contribution is 2.37. The van der Waals surface area contributed by atoms with Gasteiger partial charge in [0.05, 0.1) is 6.04 Å². The Bertz CT molecular complexity index is 706. The lowest BCUT2D eigenvalue weighted by molar-refractivity contribution is 0.563. The third-order valence-electron chi connectivity index (χ3n) is 3.12. The summed E-state index contributed by atoms with van der Waals surface area (Å²) < 4.78 is 17.6. The average molecular weight is 370 g/mol. The SMILES string of the molecule is CCNC(c1cc2sccc2s1)c1cc(Br)ccc1F. The van der Waals surface area contributed by atoms with Gasteiger partial charge in [0.15, 0.2) is 0 Å². The number of benzene rings is 1. The number of halogens is 2. The first-order valence-electron chi connectivity index (χ1n) is 6.34. The van der Waals surface area contributed by atoms with E-state index in [0.29, 0.717) is 5.56 Å². The zero-order valence-corrected chi connectivity index (χ0v) is 14.0. The predicted octanol–water partition coefficient (Wildman–Crippen LogP) is 5.56. The summed E-state index contributed by atoms with van der Waals surface area (Å²) >= 11 is 6.88. The van der Waals surface area contributed by atoms with E-state index in [0.717, 1.165) is 15.9 Å². The highest BCUT2D eigenvalue weighted by molar-refractivity contribution is 9.10. The smallest absolute Gasteiger partial charge is 0.128 e. The van der Waals surface area contributed by atoms with E-state index < -0.39 is 0 Å². The van der Waals surface area contributed by atoms with Gasteiger partial charge in [-0.05, 0) is 42.3 Å². The summed E-state index contributed by atoms with van der Waals surface area (Å²) in [5.41, 5.74) is 0.690. The van der Waals surface area contributed by atoms with Crippen molar-refractivity contribution < 1.29 is 4.39 Å². The second-order valence-corrected chi connectivity index (χ2v) is 7.43. The molecule has 104 valence electrons. The van der Waals surface area contributed by atoms with E-state index in [2.05, 4.69) is 38.8 Å². The van der Waals surface area contributed by atoms with Gasteiger partial charge in [0.2, 0.25) is 0 Å². The van der Waals surface area contributed by atoms with Gasteiger partial charge in [-0.3, -0.25) is 0 Å². The third-order valence-corrected chi connectivity index (χ3v) is 5.77. The van der Waals surface area contributed by atoms with E-state index in [1.807, 2.05) is 13.0 Å². The van der Waals surface area contributed by atoms with E-state index in [-0.39, 0.29) is 11.9 Å². The zero-order chi connectivity index (χ0) is 14.1. The average Bonchev–Trinajstić information content (AvgIpc) is 3.00. The molecular weight excluding hydrogens is 357 g/mol. The Labute approximate surface area is 133 Å². The Morgan fingerprint density at radius 3 is 2.85 bits per heavy atom. The number of nitrogens with one attached hydrogen (secondary N) is 1. The fraction of sp³-hybridized carbons (Fsp3) is 0.200. The standard InChI is InChI=1S/C15H13BrFNS2/c1-2-18-15(10-7-9(16)3-4-11(10)17)14-8-13-12(20-14)5-6-19-13/h3-8,15,18H,2H2,1H3. The van der Waals surface area contributed by atoms with Crippen molar-refractivity contribution >= 4 is 48.0 Å². The number of thiophene rings is 2. The van der Waals surface area contributed by atoms with Crippen LogP contribution in [0.25, 0.3) is 9.40 Å². The van der Waals surface area contributed by atoms with Crippen LogP contribution in [-0.4, -0.2) is 6.54 Å². The minimum Gasteiger partial charge on any atom is -0.306 e. The molecule has 5 heteroatoms. The van der Waals surface area contributed by atoms with Crippen molar-refractivity contribution in [1.29, 1.82) is 0 Å². The van der Waals surface area contributed by atoms with Crippen LogP contribution in [-0.2, 0) is 0 Å². The van der Waals surface area contributed by atoms with Crippen LogP contribution in [0.4, 0.5) is 4.39 Å². The molecule has 1 aromatic carbocycles. The van der Waals surface area contributed by atoms with E-state index in [9.17, 15) is 4.39 Å². The van der Waals surface area contributed by atoms with Crippen LogP contribution in [0, 0.1) is 5.82 Å². The molecule has 0 radical (unpaired) electrons. The van der Waals surface area contributed by atoms with Crippen LogP contribution in [0.2, 0.25) is 0 Å². The molecule has 0 amide bonds. The molecule has 1 nitrogen and oxygen atoms in total. The summed E-state index contributed by atoms with van der Waals surface area (Å²) in [4.78, 5) is 1.16. The van der Waals surface area contributed by atoms with Crippen LogP contribution >= 0.6 is 38.6 Å². The molecule has 3 rings (SSSR count). The van der Waals surface area contributed by atoms with Gasteiger partial charge in [0.25, 0.3) is 0 Å². The first-order valence-corrected chi connectivity index (χ1v) is 8.83. The van der Waals surface area contributed by atoms with Gasteiger partial charge in [-0.15, -0.1) is 22.7 Å². The lowest BCUT2D eigenvalue weighted by atomic mass is 10.0. The van der Waals surface area contributed by atoms with Crippen LogP contribution in [0.1, 0.15) is 23.4 Å². The highest BCUT2D eigenvalue weighted by atomic mass is 79.9.